The maximum Gasteiger partial charge on any atom is 0.119 e. The van der Waals surface area contributed by atoms with Crippen molar-refractivity contribution in [2.24, 2.45) is 0 Å². The zero-order valence-corrected chi connectivity index (χ0v) is 11.9. The van der Waals surface area contributed by atoms with Gasteiger partial charge < -0.3 is 10.1 Å². The number of hydrogen-bond acceptors (Lipinski definition) is 2. The lowest BCUT2D eigenvalue weighted by Gasteiger charge is -2.10. The highest BCUT2D eigenvalue weighted by Crippen LogP contribution is 2.16. The van der Waals surface area contributed by atoms with E-state index >= 15 is 0 Å². The summed E-state index contributed by atoms with van der Waals surface area (Å²) in [4.78, 5) is 0. The van der Waals surface area contributed by atoms with E-state index < -0.39 is 0 Å². The lowest BCUT2D eigenvalue weighted by Crippen LogP contribution is -2.04. The molecule has 2 rings (SSSR count). The number of aryl methyl sites for hydroxylation is 2. The van der Waals surface area contributed by atoms with Gasteiger partial charge in [-0.05, 0) is 49.7 Å². The fourth-order valence-electron chi connectivity index (χ4n) is 2.02. The fourth-order valence-corrected chi connectivity index (χ4v) is 2.02. The Morgan fingerprint density at radius 1 is 1.00 bits per heavy atom. The summed E-state index contributed by atoms with van der Waals surface area (Å²) in [7, 11) is 1.95. The highest BCUT2D eigenvalue weighted by atomic mass is 16.5. The molecule has 2 heteroatoms. The first-order valence-corrected chi connectivity index (χ1v) is 6.61. The van der Waals surface area contributed by atoms with Gasteiger partial charge in [0.05, 0.1) is 0 Å². The predicted molar refractivity (Wildman–Crippen MR) is 79.5 cm³/mol. The Bertz CT molecular complexity index is 531. The largest absolute Gasteiger partial charge is 0.489 e. The molecule has 0 heterocycles. The molecule has 0 aromatic heterocycles. The fraction of sp³-hybridized carbons (Fsp3) is 0.294. The lowest BCUT2D eigenvalue weighted by atomic mass is 10.1. The van der Waals surface area contributed by atoms with Crippen LogP contribution in [0.25, 0.3) is 0 Å². The zero-order chi connectivity index (χ0) is 13.7. The van der Waals surface area contributed by atoms with Crippen LogP contribution >= 0.6 is 0 Å². The molecule has 0 atom stereocenters. The van der Waals surface area contributed by atoms with Gasteiger partial charge in [0.25, 0.3) is 0 Å². The minimum atomic E-state index is 0.624. The Morgan fingerprint density at radius 3 is 2.42 bits per heavy atom. The number of rotatable bonds is 5. The summed E-state index contributed by atoms with van der Waals surface area (Å²) in [6.45, 7) is 5.74. The van der Waals surface area contributed by atoms with E-state index in [1.165, 1.54) is 22.3 Å². The van der Waals surface area contributed by atoms with E-state index in [0.29, 0.717) is 6.61 Å². The Labute approximate surface area is 115 Å². The van der Waals surface area contributed by atoms with Crippen molar-refractivity contribution >= 4 is 0 Å². The average molecular weight is 255 g/mol. The van der Waals surface area contributed by atoms with Gasteiger partial charge in [-0.2, -0.15) is 0 Å². The van der Waals surface area contributed by atoms with Crippen LogP contribution in [0.3, 0.4) is 0 Å². The summed E-state index contributed by atoms with van der Waals surface area (Å²) >= 11 is 0. The normalized spacial score (nSPS) is 10.5. The Morgan fingerprint density at radius 2 is 1.74 bits per heavy atom. The number of ether oxygens (including phenoxy) is 1. The van der Waals surface area contributed by atoms with E-state index in [4.69, 9.17) is 4.74 Å². The van der Waals surface area contributed by atoms with Gasteiger partial charge in [-0.25, -0.2) is 0 Å². The molecule has 0 aliphatic heterocycles. The maximum absolute atomic E-state index is 5.84. The summed E-state index contributed by atoms with van der Waals surface area (Å²) < 4.78 is 5.84. The second kappa shape index (κ2) is 6.39. The van der Waals surface area contributed by atoms with E-state index in [9.17, 15) is 0 Å². The van der Waals surface area contributed by atoms with Crippen LogP contribution < -0.4 is 10.1 Å². The molecule has 0 bridgehead atoms. The van der Waals surface area contributed by atoms with E-state index in [1.807, 2.05) is 19.2 Å². The van der Waals surface area contributed by atoms with Crippen LogP contribution in [-0.4, -0.2) is 7.05 Å². The monoisotopic (exact) mass is 255 g/mol. The molecule has 0 spiro atoms. The SMILES string of the molecule is CNCc1ccc(OCc2cc(C)ccc2C)cc1. The van der Waals surface area contributed by atoms with E-state index in [0.717, 1.165) is 12.3 Å². The minimum absolute atomic E-state index is 0.624. The Hall–Kier alpha value is -1.80. The molecule has 100 valence electrons. The number of nitrogens with one attached hydrogen (secondary N) is 1. The van der Waals surface area contributed by atoms with Crippen molar-refractivity contribution in [1.29, 1.82) is 0 Å². The van der Waals surface area contributed by atoms with Gasteiger partial charge >= 0.3 is 0 Å². The summed E-state index contributed by atoms with van der Waals surface area (Å²) in [6.07, 6.45) is 0. The quantitative estimate of drug-likeness (QED) is 0.881. The van der Waals surface area contributed by atoms with Crippen LogP contribution in [0.15, 0.2) is 42.5 Å². The highest BCUT2D eigenvalue weighted by Gasteiger charge is 2.01. The van der Waals surface area contributed by atoms with E-state index in [2.05, 4.69) is 49.5 Å². The molecule has 0 radical (unpaired) electrons. The Kier molecular flexibility index (Phi) is 4.58. The molecule has 0 saturated carbocycles. The molecule has 0 aliphatic rings. The van der Waals surface area contributed by atoms with Gasteiger partial charge in [-0.3, -0.25) is 0 Å². The first-order chi connectivity index (χ1) is 9.19. The maximum atomic E-state index is 5.84. The van der Waals surface area contributed by atoms with Crippen LogP contribution in [0, 0.1) is 13.8 Å². The van der Waals surface area contributed by atoms with Crippen molar-refractivity contribution in [2.45, 2.75) is 27.0 Å². The van der Waals surface area contributed by atoms with Crippen LogP contribution in [0.1, 0.15) is 22.3 Å². The van der Waals surface area contributed by atoms with Crippen molar-refractivity contribution < 1.29 is 4.74 Å². The minimum Gasteiger partial charge on any atom is -0.489 e. The second-order valence-electron chi connectivity index (χ2n) is 4.89. The van der Waals surface area contributed by atoms with Crippen molar-refractivity contribution in [3.63, 3.8) is 0 Å². The van der Waals surface area contributed by atoms with Gasteiger partial charge in [-0.15, -0.1) is 0 Å². The average Bonchev–Trinajstić information content (AvgIpc) is 2.42. The van der Waals surface area contributed by atoms with Gasteiger partial charge in [0.15, 0.2) is 0 Å². The van der Waals surface area contributed by atoms with Crippen LogP contribution in [0.5, 0.6) is 5.75 Å². The smallest absolute Gasteiger partial charge is 0.119 e. The van der Waals surface area contributed by atoms with Gasteiger partial charge in [0.2, 0.25) is 0 Å². The van der Waals surface area contributed by atoms with E-state index in [1.54, 1.807) is 0 Å². The van der Waals surface area contributed by atoms with Gasteiger partial charge in [0, 0.05) is 6.54 Å². The van der Waals surface area contributed by atoms with Crippen molar-refractivity contribution in [1.82, 2.24) is 5.32 Å². The van der Waals surface area contributed by atoms with Crippen LogP contribution in [0.4, 0.5) is 0 Å². The first-order valence-electron chi connectivity index (χ1n) is 6.61. The molecule has 0 saturated heterocycles. The van der Waals surface area contributed by atoms with Crippen molar-refractivity contribution in [3.8, 4) is 5.75 Å². The summed E-state index contributed by atoms with van der Waals surface area (Å²) in [5, 5.41) is 3.13. The third-order valence-corrected chi connectivity index (χ3v) is 3.20. The molecule has 19 heavy (non-hydrogen) atoms. The molecule has 2 aromatic carbocycles. The van der Waals surface area contributed by atoms with E-state index in [-0.39, 0.29) is 0 Å². The molecule has 2 nitrogen and oxygen atoms in total. The second-order valence-corrected chi connectivity index (χ2v) is 4.89. The van der Waals surface area contributed by atoms with Crippen LogP contribution in [0.2, 0.25) is 0 Å². The topological polar surface area (TPSA) is 21.3 Å². The number of hydrogen-bond donors (Lipinski definition) is 1. The summed E-state index contributed by atoms with van der Waals surface area (Å²) in [6, 6.07) is 14.7. The van der Waals surface area contributed by atoms with Crippen LogP contribution in [-0.2, 0) is 13.2 Å². The molecular weight excluding hydrogens is 234 g/mol. The van der Waals surface area contributed by atoms with Gasteiger partial charge in [0.1, 0.15) is 12.4 Å². The highest BCUT2D eigenvalue weighted by molar-refractivity contribution is 5.31. The zero-order valence-electron chi connectivity index (χ0n) is 11.9. The summed E-state index contributed by atoms with van der Waals surface area (Å²) in [5.74, 6) is 0.917. The van der Waals surface area contributed by atoms with Gasteiger partial charge in [-0.1, -0.05) is 35.9 Å². The van der Waals surface area contributed by atoms with Crippen molar-refractivity contribution in [2.75, 3.05) is 7.05 Å². The number of benzene rings is 2. The lowest BCUT2D eigenvalue weighted by molar-refractivity contribution is 0.305. The summed E-state index contributed by atoms with van der Waals surface area (Å²) in [5.41, 5.74) is 5.06. The molecule has 1 N–H and O–H groups in total. The first kappa shape index (κ1) is 13.6. The van der Waals surface area contributed by atoms with Crippen molar-refractivity contribution in [3.05, 3.63) is 64.7 Å². The molecular formula is C17H21NO. The molecule has 0 fully saturated rings. The predicted octanol–water partition coefficient (Wildman–Crippen LogP) is 3.60. The molecule has 0 unspecified atom stereocenters. The third kappa shape index (κ3) is 3.83. The standard InChI is InChI=1S/C17H21NO/c1-13-4-5-14(2)16(10-13)12-19-17-8-6-15(7-9-17)11-18-3/h4-10,18H,11-12H2,1-3H3. The molecule has 0 amide bonds. The third-order valence-electron chi connectivity index (χ3n) is 3.20. The molecule has 0 aliphatic carbocycles. The molecule has 2 aromatic rings. The Balaban J connectivity index is 2.00.